The van der Waals surface area contributed by atoms with Crippen molar-refractivity contribution in [2.24, 2.45) is 10.8 Å². The number of allylic oxidation sites excluding steroid dienone is 2. The topological polar surface area (TPSA) is 18.5 Å². The van der Waals surface area contributed by atoms with Crippen molar-refractivity contribution in [1.29, 1.82) is 0 Å². The maximum atomic E-state index is 5.44. The van der Waals surface area contributed by atoms with E-state index in [0.29, 0.717) is 12.2 Å². The summed E-state index contributed by atoms with van der Waals surface area (Å²) in [5.74, 6) is 0. The van der Waals surface area contributed by atoms with Gasteiger partial charge in [-0.15, -0.1) is 0 Å². The van der Waals surface area contributed by atoms with Crippen LogP contribution in [0.3, 0.4) is 0 Å². The Morgan fingerprint density at radius 3 is 2.23 bits per heavy atom. The molecule has 1 aliphatic heterocycles. The van der Waals surface area contributed by atoms with Crippen molar-refractivity contribution >= 4 is 0 Å². The van der Waals surface area contributed by atoms with Crippen molar-refractivity contribution in [3.8, 4) is 0 Å². The van der Waals surface area contributed by atoms with Crippen LogP contribution in [0.25, 0.3) is 0 Å². The van der Waals surface area contributed by atoms with E-state index in [0.717, 1.165) is 26.1 Å². The lowest BCUT2D eigenvalue weighted by atomic mass is 9.60. The summed E-state index contributed by atoms with van der Waals surface area (Å²) in [4.78, 5) is 0. The minimum absolute atomic E-state index is 0.222. The van der Waals surface area contributed by atoms with E-state index in [1.54, 1.807) is 0 Å². The molecule has 0 aromatic heterocycles. The van der Waals surface area contributed by atoms with E-state index < -0.39 is 0 Å². The van der Waals surface area contributed by atoms with Crippen LogP contribution in [-0.4, -0.2) is 20.0 Å². The molecule has 74 valence electrons. The van der Waals surface area contributed by atoms with Gasteiger partial charge in [0, 0.05) is 5.41 Å². The highest BCUT2D eigenvalue weighted by atomic mass is 16.7. The molecule has 0 unspecified atom stereocenters. The lowest BCUT2D eigenvalue weighted by Crippen LogP contribution is -2.49. The van der Waals surface area contributed by atoms with Gasteiger partial charge >= 0.3 is 0 Å². The molecular formula is C11H18O2. The summed E-state index contributed by atoms with van der Waals surface area (Å²) in [7, 11) is 0. The normalized spacial score (nSPS) is 30.6. The molecule has 0 atom stereocenters. The van der Waals surface area contributed by atoms with E-state index in [1.807, 2.05) is 0 Å². The maximum absolute atomic E-state index is 5.44. The first-order valence-electron chi connectivity index (χ1n) is 4.97. The zero-order chi connectivity index (χ0) is 9.36. The van der Waals surface area contributed by atoms with Gasteiger partial charge in [-0.2, -0.15) is 0 Å². The Bertz CT molecular complexity index is 212. The average molecular weight is 182 g/mol. The molecule has 2 nitrogen and oxygen atoms in total. The average Bonchev–Trinajstić information content (AvgIpc) is 2.12. The van der Waals surface area contributed by atoms with Crippen molar-refractivity contribution < 1.29 is 9.47 Å². The Balaban J connectivity index is 2.22. The maximum Gasteiger partial charge on any atom is 0.146 e. The fraction of sp³-hybridized carbons (Fsp3) is 0.818. The van der Waals surface area contributed by atoms with E-state index in [-0.39, 0.29) is 5.41 Å². The van der Waals surface area contributed by atoms with Gasteiger partial charge < -0.3 is 9.47 Å². The molecule has 1 spiro atoms. The Morgan fingerprint density at radius 1 is 1.00 bits per heavy atom. The second-order valence-corrected chi connectivity index (χ2v) is 4.86. The molecule has 13 heavy (non-hydrogen) atoms. The molecule has 1 aliphatic carbocycles. The third-order valence-electron chi connectivity index (χ3n) is 3.66. The minimum atomic E-state index is 0.222. The van der Waals surface area contributed by atoms with E-state index >= 15 is 0 Å². The highest BCUT2D eigenvalue weighted by Crippen LogP contribution is 2.49. The Kier molecular flexibility index (Phi) is 2.20. The van der Waals surface area contributed by atoms with Crippen molar-refractivity contribution in [1.82, 2.24) is 0 Å². The number of rotatable bonds is 0. The van der Waals surface area contributed by atoms with Crippen LogP contribution in [0, 0.1) is 10.8 Å². The molecule has 2 aliphatic rings. The second-order valence-electron chi connectivity index (χ2n) is 4.86. The van der Waals surface area contributed by atoms with E-state index in [1.165, 1.54) is 0 Å². The summed E-state index contributed by atoms with van der Waals surface area (Å²) in [5, 5.41) is 0. The summed E-state index contributed by atoms with van der Waals surface area (Å²) in [6.45, 7) is 6.80. The minimum Gasteiger partial charge on any atom is -0.355 e. The number of ether oxygens (including phenoxy) is 2. The van der Waals surface area contributed by atoms with Crippen LogP contribution in [0.5, 0.6) is 0 Å². The number of hydrogen-bond acceptors (Lipinski definition) is 2. The third kappa shape index (κ3) is 1.42. The molecule has 0 saturated carbocycles. The van der Waals surface area contributed by atoms with Gasteiger partial charge in [0.2, 0.25) is 0 Å². The van der Waals surface area contributed by atoms with E-state index in [4.69, 9.17) is 9.47 Å². The van der Waals surface area contributed by atoms with E-state index in [2.05, 4.69) is 26.0 Å². The highest BCUT2D eigenvalue weighted by molar-refractivity contribution is 5.07. The molecule has 0 aromatic rings. The molecule has 2 rings (SSSR count). The number of hydrogen-bond donors (Lipinski definition) is 0. The first-order chi connectivity index (χ1) is 6.16. The largest absolute Gasteiger partial charge is 0.355 e. The third-order valence-corrected chi connectivity index (χ3v) is 3.66. The van der Waals surface area contributed by atoms with Gasteiger partial charge in [-0.25, -0.2) is 0 Å². The molecule has 1 fully saturated rings. The zero-order valence-corrected chi connectivity index (χ0v) is 8.51. The lowest BCUT2D eigenvalue weighted by molar-refractivity contribution is -0.198. The quantitative estimate of drug-likeness (QED) is 0.535. The predicted octanol–water partition coefficient (Wildman–Crippen LogP) is 2.35. The highest BCUT2D eigenvalue weighted by Gasteiger charge is 2.46. The first kappa shape index (κ1) is 9.22. The van der Waals surface area contributed by atoms with Gasteiger partial charge in [0.25, 0.3) is 0 Å². The van der Waals surface area contributed by atoms with Gasteiger partial charge in [0.05, 0.1) is 13.2 Å². The van der Waals surface area contributed by atoms with Gasteiger partial charge in [-0.1, -0.05) is 26.0 Å². The molecule has 0 aromatic carbocycles. The standard InChI is InChI=1S/C11H18O2/c1-10(2)5-3-4-6-11(10)7-12-9-13-8-11/h3-4H,5-9H2,1-2H3. The van der Waals surface area contributed by atoms with Gasteiger partial charge in [0.15, 0.2) is 0 Å². The van der Waals surface area contributed by atoms with Crippen LogP contribution in [0.4, 0.5) is 0 Å². The summed E-state index contributed by atoms with van der Waals surface area (Å²) >= 11 is 0. The van der Waals surface area contributed by atoms with Crippen molar-refractivity contribution in [2.45, 2.75) is 26.7 Å². The molecule has 1 saturated heterocycles. The smallest absolute Gasteiger partial charge is 0.146 e. The predicted molar refractivity (Wildman–Crippen MR) is 51.4 cm³/mol. The van der Waals surface area contributed by atoms with Crippen LogP contribution in [0.1, 0.15) is 26.7 Å². The summed E-state index contributed by atoms with van der Waals surface area (Å²) in [6, 6.07) is 0. The molecule has 1 heterocycles. The second kappa shape index (κ2) is 3.10. The van der Waals surface area contributed by atoms with Crippen LogP contribution >= 0.6 is 0 Å². The molecule has 0 N–H and O–H groups in total. The van der Waals surface area contributed by atoms with Crippen LogP contribution in [-0.2, 0) is 9.47 Å². The van der Waals surface area contributed by atoms with Crippen molar-refractivity contribution in [3.63, 3.8) is 0 Å². The molecule has 0 bridgehead atoms. The van der Waals surface area contributed by atoms with Gasteiger partial charge in [-0.05, 0) is 18.3 Å². The molecule has 0 amide bonds. The fourth-order valence-corrected chi connectivity index (χ4v) is 2.26. The van der Waals surface area contributed by atoms with Crippen molar-refractivity contribution in [2.75, 3.05) is 20.0 Å². The Morgan fingerprint density at radius 2 is 1.62 bits per heavy atom. The summed E-state index contributed by atoms with van der Waals surface area (Å²) < 4.78 is 10.9. The van der Waals surface area contributed by atoms with Gasteiger partial charge in [-0.3, -0.25) is 0 Å². The fourth-order valence-electron chi connectivity index (χ4n) is 2.26. The monoisotopic (exact) mass is 182 g/mol. The van der Waals surface area contributed by atoms with Crippen LogP contribution in [0.15, 0.2) is 12.2 Å². The lowest BCUT2D eigenvalue weighted by Gasteiger charge is -2.49. The van der Waals surface area contributed by atoms with Gasteiger partial charge in [0.1, 0.15) is 6.79 Å². The zero-order valence-electron chi connectivity index (χ0n) is 8.51. The first-order valence-corrected chi connectivity index (χ1v) is 4.97. The Labute approximate surface area is 79.9 Å². The summed E-state index contributed by atoms with van der Waals surface area (Å²) in [6.07, 6.45) is 6.78. The van der Waals surface area contributed by atoms with Crippen molar-refractivity contribution in [3.05, 3.63) is 12.2 Å². The molecule has 2 heteroatoms. The van der Waals surface area contributed by atoms with E-state index in [9.17, 15) is 0 Å². The SMILES string of the molecule is CC1(C)CC=CCC12COCOC2. The molecule has 0 radical (unpaired) electrons. The summed E-state index contributed by atoms with van der Waals surface area (Å²) in [5.41, 5.74) is 0.530. The molecular weight excluding hydrogens is 164 g/mol. The van der Waals surface area contributed by atoms with Crippen LogP contribution < -0.4 is 0 Å². The Hall–Kier alpha value is -0.340. The van der Waals surface area contributed by atoms with Crippen LogP contribution in [0.2, 0.25) is 0 Å².